The molecule has 6 heteroatoms. The summed E-state index contributed by atoms with van der Waals surface area (Å²) < 4.78 is 10.4. The van der Waals surface area contributed by atoms with Crippen LogP contribution in [0.1, 0.15) is 6.42 Å². The van der Waals surface area contributed by atoms with Gasteiger partial charge < -0.3 is 20.9 Å². The average Bonchev–Trinajstić information content (AvgIpc) is 2.48. The third kappa shape index (κ3) is 8.52. The molecular weight excluding hydrogens is 244 g/mol. The second kappa shape index (κ2) is 11.6. The van der Waals surface area contributed by atoms with Crippen molar-refractivity contribution in [2.75, 3.05) is 78.8 Å². The summed E-state index contributed by atoms with van der Waals surface area (Å²) in [5, 5.41) is 0. The van der Waals surface area contributed by atoms with Gasteiger partial charge in [-0.1, -0.05) is 0 Å². The summed E-state index contributed by atoms with van der Waals surface area (Å²) in [6.07, 6.45) is 1.11. The lowest BCUT2D eigenvalue weighted by Gasteiger charge is -2.26. The highest BCUT2D eigenvalue weighted by Crippen LogP contribution is 1.96. The largest absolute Gasteiger partial charge is 0.379 e. The van der Waals surface area contributed by atoms with Crippen LogP contribution in [0, 0.1) is 0 Å². The van der Waals surface area contributed by atoms with Crippen LogP contribution in [-0.2, 0) is 9.47 Å². The lowest BCUT2D eigenvalue weighted by molar-refractivity contribution is 0.0377. The molecule has 6 nitrogen and oxygen atoms in total. The van der Waals surface area contributed by atoms with Gasteiger partial charge >= 0.3 is 0 Å². The first-order chi connectivity index (χ1) is 9.36. The maximum absolute atomic E-state index is 5.39. The zero-order chi connectivity index (χ0) is 13.8. The van der Waals surface area contributed by atoms with Crippen molar-refractivity contribution in [1.29, 1.82) is 0 Å². The van der Waals surface area contributed by atoms with E-state index >= 15 is 0 Å². The minimum atomic E-state index is 0.764. The molecule has 0 aliphatic carbocycles. The Kier molecular flexibility index (Phi) is 10.2. The fourth-order valence-corrected chi connectivity index (χ4v) is 2.15. The van der Waals surface area contributed by atoms with Crippen molar-refractivity contribution in [2.24, 2.45) is 11.5 Å². The third-order valence-electron chi connectivity index (χ3n) is 3.33. The molecule has 2 fully saturated rings. The molecule has 114 valence electrons. The van der Waals surface area contributed by atoms with E-state index < -0.39 is 0 Å². The van der Waals surface area contributed by atoms with Crippen LogP contribution in [0.4, 0.5) is 0 Å². The van der Waals surface area contributed by atoms with Gasteiger partial charge in [0.25, 0.3) is 0 Å². The summed E-state index contributed by atoms with van der Waals surface area (Å²) in [6, 6.07) is 0. The molecule has 0 bridgehead atoms. The van der Waals surface area contributed by atoms with E-state index in [0.29, 0.717) is 0 Å². The normalized spacial score (nSPS) is 21.8. The van der Waals surface area contributed by atoms with E-state index in [-0.39, 0.29) is 0 Å². The number of hydrogen-bond acceptors (Lipinski definition) is 6. The summed E-state index contributed by atoms with van der Waals surface area (Å²) in [5.74, 6) is 0. The molecule has 0 saturated carbocycles. The molecule has 2 rings (SSSR count). The van der Waals surface area contributed by atoms with Crippen LogP contribution in [0.25, 0.3) is 0 Å². The molecule has 2 aliphatic heterocycles. The summed E-state index contributed by atoms with van der Waals surface area (Å²) in [5.41, 5.74) is 10.8. The van der Waals surface area contributed by atoms with Gasteiger partial charge in [0.15, 0.2) is 0 Å². The van der Waals surface area contributed by atoms with E-state index in [1.807, 2.05) is 0 Å². The van der Waals surface area contributed by atoms with E-state index in [1.165, 1.54) is 0 Å². The van der Waals surface area contributed by atoms with Crippen LogP contribution in [0.3, 0.4) is 0 Å². The Morgan fingerprint density at radius 3 is 1.58 bits per heavy atom. The maximum atomic E-state index is 5.39. The molecule has 0 unspecified atom stereocenters. The lowest BCUT2D eigenvalue weighted by atomic mass is 10.3. The molecule has 0 spiro atoms. The van der Waals surface area contributed by atoms with Crippen LogP contribution in [-0.4, -0.2) is 88.6 Å². The fraction of sp³-hybridized carbons (Fsp3) is 1.00. The Hall–Kier alpha value is -0.240. The Balaban J connectivity index is 0.000000191. The predicted molar refractivity (Wildman–Crippen MR) is 77.2 cm³/mol. The molecule has 4 N–H and O–H groups in total. The van der Waals surface area contributed by atoms with Gasteiger partial charge in [0.1, 0.15) is 0 Å². The second-order valence-corrected chi connectivity index (χ2v) is 4.84. The average molecular weight is 274 g/mol. The smallest absolute Gasteiger partial charge is 0.0594 e. The number of hydrogen-bond donors (Lipinski definition) is 2. The van der Waals surface area contributed by atoms with Crippen molar-refractivity contribution >= 4 is 0 Å². The molecular formula is C13H30N4O2. The molecule has 0 radical (unpaired) electrons. The summed E-state index contributed by atoms with van der Waals surface area (Å²) in [6.45, 7) is 11.5. The molecule has 0 atom stereocenters. The second-order valence-electron chi connectivity index (χ2n) is 4.84. The van der Waals surface area contributed by atoms with Gasteiger partial charge in [-0.25, -0.2) is 0 Å². The minimum absolute atomic E-state index is 0.764. The van der Waals surface area contributed by atoms with E-state index in [0.717, 1.165) is 85.2 Å². The van der Waals surface area contributed by atoms with Gasteiger partial charge in [-0.2, -0.15) is 0 Å². The first-order valence-electron chi connectivity index (χ1n) is 7.37. The highest BCUT2D eigenvalue weighted by molar-refractivity contribution is 4.61. The van der Waals surface area contributed by atoms with Crippen molar-refractivity contribution in [2.45, 2.75) is 6.42 Å². The number of ether oxygens (including phenoxy) is 2. The van der Waals surface area contributed by atoms with Crippen LogP contribution in [0.15, 0.2) is 0 Å². The number of rotatable bonds is 5. The molecule has 0 amide bonds. The third-order valence-corrected chi connectivity index (χ3v) is 3.33. The summed E-state index contributed by atoms with van der Waals surface area (Å²) in [7, 11) is 0. The highest BCUT2D eigenvalue weighted by atomic mass is 16.5. The zero-order valence-corrected chi connectivity index (χ0v) is 12.1. The first kappa shape index (κ1) is 16.8. The van der Waals surface area contributed by atoms with Crippen LogP contribution >= 0.6 is 0 Å². The SMILES string of the molecule is NCCCN1CCOCC1.NCCN1CCOCC1. The van der Waals surface area contributed by atoms with Gasteiger partial charge in [-0.05, 0) is 19.5 Å². The van der Waals surface area contributed by atoms with E-state index in [4.69, 9.17) is 20.9 Å². The van der Waals surface area contributed by atoms with Gasteiger partial charge in [0, 0.05) is 39.3 Å². The number of nitrogens with zero attached hydrogens (tertiary/aromatic N) is 2. The Bertz CT molecular complexity index is 192. The number of morpholine rings is 2. The van der Waals surface area contributed by atoms with Crippen molar-refractivity contribution < 1.29 is 9.47 Å². The molecule has 0 aromatic rings. The van der Waals surface area contributed by atoms with Gasteiger partial charge in [0.2, 0.25) is 0 Å². The number of nitrogens with two attached hydrogens (primary N) is 2. The molecule has 0 aromatic carbocycles. The van der Waals surface area contributed by atoms with E-state index in [2.05, 4.69) is 9.80 Å². The van der Waals surface area contributed by atoms with Crippen molar-refractivity contribution in [3.63, 3.8) is 0 Å². The topological polar surface area (TPSA) is 77.0 Å². The van der Waals surface area contributed by atoms with Gasteiger partial charge in [-0.3, -0.25) is 9.80 Å². The maximum Gasteiger partial charge on any atom is 0.0594 e. The van der Waals surface area contributed by atoms with Crippen molar-refractivity contribution in [3.8, 4) is 0 Å². The lowest BCUT2D eigenvalue weighted by Crippen LogP contribution is -2.39. The van der Waals surface area contributed by atoms with Crippen LogP contribution in [0.2, 0.25) is 0 Å². The zero-order valence-electron chi connectivity index (χ0n) is 12.1. The van der Waals surface area contributed by atoms with Crippen molar-refractivity contribution in [3.05, 3.63) is 0 Å². The predicted octanol–water partition coefficient (Wildman–Crippen LogP) is -1.06. The molecule has 0 aromatic heterocycles. The quantitative estimate of drug-likeness (QED) is 0.666. The fourth-order valence-electron chi connectivity index (χ4n) is 2.15. The van der Waals surface area contributed by atoms with Crippen LogP contribution in [0.5, 0.6) is 0 Å². The van der Waals surface area contributed by atoms with Crippen LogP contribution < -0.4 is 11.5 Å². The molecule has 2 aliphatic rings. The van der Waals surface area contributed by atoms with E-state index in [9.17, 15) is 0 Å². The Labute approximate surface area is 117 Å². The van der Waals surface area contributed by atoms with Gasteiger partial charge in [-0.15, -0.1) is 0 Å². The summed E-state index contributed by atoms with van der Waals surface area (Å²) in [4.78, 5) is 4.72. The van der Waals surface area contributed by atoms with Crippen molar-refractivity contribution in [1.82, 2.24) is 9.80 Å². The molecule has 2 heterocycles. The highest BCUT2D eigenvalue weighted by Gasteiger charge is 2.08. The standard InChI is InChI=1S/C7H16N2O.C6H14N2O/c8-2-1-3-9-4-6-10-7-5-9;7-1-2-8-3-5-9-6-4-8/h1-8H2;1-7H2. The first-order valence-corrected chi connectivity index (χ1v) is 7.37. The Morgan fingerprint density at radius 2 is 1.16 bits per heavy atom. The van der Waals surface area contributed by atoms with Gasteiger partial charge in [0.05, 0.1) is 26.4 Å². The Morgan fingerprint density at radius 1 is 0.684 bits per heavy atom. The van der Waals surface area contributed by atoms with E-state index in [1.54, 1.807) is 0 Å². The monoisotopic (exact) mass is 274 g/mol. The molecule has 2 saturated heterocycles. The molecule has 19 heavy (non-hydrogen) atoms. The summed E-state index contributed by atoms with van der Waals surface area (Å²) >= 11 is 0. The minimum Gasteiger partial charge on any atom is -0.379 e.